The Kier molecular flexibility index (Phi) is 6.67. The molecule has 0 aromatic heterocycles. The lowest BCUT2D eigenvalue weighted by molar-refractivity contribution is -0.120. The van der Waals surface area contributed by atoms with Gasteiger partial charge in [-0.3, -0.25) is 4.79 Å². The Hall–Kier alpha value is -2.09. The summed E-state index contributed by atoms with van der Waals surface area (Å²) < 4.78 is 0.588. The molecule has 0 heterocycles. The fourth-order valence-corrected chi connectivity index (χ4v) is 1.82. The van der Waals surface area contributed by atoms with E-state index in [4.69, 9.17) is 5.11 Å². The predicted molar refractivity (Wildman–Crippen MR) is 81.4 cm³/mol. The van der Waals surface area contributed by atoms with Crippen LogP contribution < -0.4 is 16.0 Å². The van der Waals surface area contributed by atoms with Crippen LogP contribution in [0.5, 0.6) is 0 Å². The highest BCUT2D eigenvalue weighted by Crippen LogP contribution is 2.21. The van der Waals surface area contributed by atoms with Crippen LogP contribution in [0.4, 0.5) is 10.5 Å². The van der Waals surface area contributed by atoms with Crippen molar-refractivity contribution in [2.75, 3.05) is 18.4 Å². The number of amides is 3. The van der Waals surface area contributed by atoms with E-state index < -0.39 is 12.0 Å². The lowest BCUT2D eigenvalue weighted by Gasteiger charge is -2.10. The first kappa shape index (κ1) is 17.0. The highest BCUT2D eigenvalue weighted by Gasteiger charge is 2.13. The van der Waals surface area contributed by atoms with Gasteiger partial charge in [0, 0.05) is 11.0 Å². The molecule has 0 unspecified atom stereocenters. The second kappa shape index (κ2) is 8.25. The van der Waals surface area contributed by atoms with Crippen LogP contribution in [0, 0.1) is 0 Å². The quantitative estimate of drug-likeness (QED) is 0.622. The number of halogens is 1. The molecule has 4 N–H and O–H groups in total. The van der Waals surface area contributed by atoms with Gasteiger partial charge in [0.1, 0.15) is 0 Å². The number of urea groups is 1. The van der Waals surface area contributed by atoms with Gasteiger partial charge >= 0.3 is 12.0 Å². The predicted octanol–water partition coefficient (Wildman–Crippen LogP) is 1.79. The molecule has 8 heteroatoms. The van der Waals surface area contributed by atoms with Gasteiger partial charge in [0.15, 0.2) is 0 Å². The highest BCUT2D eigenvalue weighted by atomic mass is 79.9. The number of aromatic carboxylic acids is 1. The van der Waals surface area contributed by atoms with E-state index >= 15 is 0 Å². The van der Waals surface area contributed by atoms with E-state index in [0.717, 1.165) is 6.42 Å². The Morgan fingerprint density at radius 1 is 1.24 bits per heavy atom. The molecule has 0 aliphatic carbocycles. The molecule has 0 fully saturated rings. The molecule has 1 aromatic rings. The minimum absolute atomic E-state index is 0.0463. The smallest absolute Gasteiger partial charge is 0.337 e. The number of hydrogen-bond donors (Lipinski definition) is 4. The van der Waals surface area contributed by atoms with Gasteiger partial charge in [-0.25, -0.2) is 9.59 Å². The lowest BCUT2D eigenvalue weighted by atomic mass is 10.2. The third kappa shape index (κ3) is 5.82. The summed E-state index contributed by atoms with van der Waals surface area (Å²) in [5, 5.41) is 16.4. The number of nitrogens with one attached hydrogen (secondary N) is 3. The maximum atomic E-state index is 11.6. The normalized spacial score (nSPS) is 9.81. The van der Waals surface area contributed by atoms with Gasteiger partial charge in [-0.1, -0.05) is 22.9 Å². The number of rotatable bonds is 6. The summed E-state index contributed by atoms with van der Waals surface area (Å²) >= 11 is 3.16. The zero-order chi connectivity index (χ0) is 15.8. The van der Waals surface area contributed by atoms with Crippen LogP contribution in [0.1, 0.15) is 23.7 Å². The first-order valence-electron chi connectivity index (χ1n) is 6.28. The Morgan fingerprint density at radius 2 is 1.95 bits per heavy atom. The molecule has 1 aromatic carbocycles. The number of anilines is 1. The molecule has 7 nitrogen and oxygen atoms in total. The second-order valence-electron chi connectivity index (χ2n) is 4.15. The Labute approximate surface area is 130 Å². The summed E-state index contributed by atoms with van der Waals surface area (Å²) in [4.78, 5) is 34.1. The van der Waals surface area contributed by atoms with E-state index in [1.807, 2.05) is 6.92 Å². The highest BCUT2D eigenvalue weighted by molar-refractivity contribution is 9.10. The molecule has 0 aliphatic heterocycles. The fraction of sp³-hybridized carbons (Fsp3) is 0.308. The number of hydrogen-bond acceptors (Lipinski definition) is 3. The van der Waals surface area contributed by atoms with E-state index in [2.05, 4.69) is 31.9 Å². The molecule has 0 spiro atoms. The fourth-order valence-electron chi connectivity index (χ4n) is 1.46. The molecule has 1 rings (SSSR count). The van der Waals surface area contributed by atoms with Crippen LogP contribution in [0.25, 0.3) is 0 Å². The van der Waals surface area contributed by atoms with Crippen LogP contribution >= 0.6 is 15.9 Å². The SMILES string of the molecule is CCCNC(=O)CNC(=O)Nc1ccc(Br)cc1C(=O)O. The van der Waals surface area contributed by atoms with E-state index in [1.54, 1.807) is 6.07 Å². The van der Waals surface area contributed by atoms with E-state index in [9.17, 15) is 14.4 Å². The summed E-state index contributed by atoms with van der Waals surface area (Å²) in [6, 6.07) is 3.80. The van der Waals surface area contributed by atoms with Crippen molar-refractivity contribution in [3.63, 3.8) is 0 Å². The van der Waals surface area contributed by atoms with Crippen LogP contribution in [0.15, 0.2) is 22.7 Å². The van der Waals surface area contributed by atoms with Crippen LogP contribution in [-0.4, -0.2) is 36.1 Å². The van der Waals surface area contributed by atoms with Gasteiger partial charge in [0.25, 0.3) is 0 Å². The molecule has 0 aliphatic rings. The van der Waals surface area contributed by atoms with Gasteiger partial charge < -0.3 is 21.1 Å². The number of carbonyl (C=O) groups is 3. The maximum absolute atomic E-state index is 11.6. The number of carboxylic acid groups (broad SMARTS) is 1. The van der Waals surface area contributed by atoms with Crippen LogP contribution in [0.3, 0.4) is 0 Å². The first-order valence-corrected chi connectivity index (χ1v) is 7.07. The summed E-state index contributed by atoms with van der Waals surface area (Å²) in [5.41, 5.74) is 0.104. The topological polar surface area (TPSA) is 108 Å². The third-order valence-electron chi connectivity index (χ3n) is 2.44. The average Bonchev–Trinajstić information content (AvgIpc) is 2.44. The zero-order valence-electron chi connectivity index (χ0n) is 11.4. The molecule has 0 bridgehead atoms. The largest absolute Gasteiger partial charge is 0.478 e. The van der Waals surface area contributed by atoms with E-state index in [-0.39, 0.29) is 23.7 Å². The van der Waals surface area contributed by atoms with Crippen LogP contribution in [0.2, 0.25) is 0 Å². The summed E-state index contributed by atoms with van der Waals surface area (Å²) in [6.45, 7) is 2.28. The number of carbonyl (C=O) groups excluding carboxylic acids is 2. The molecule has 3 amide bonds. The third-order valence-corrected chi connectivity index (χ3v) is 2.94. The van der Waals surface area contributed by atoms with Crippen molar-refractivity contribution >= 4 is 39.5 Å². The van der Waals surface area contributed by atoms with Gasteiger partial charge in [0.2, 0.25) is 5.91 Å². The summed E-state index contributed by atoms with van der Waals surface area (Å²) in [7, 11) is 0. The van der Waals surface area contributed by atoms with Crippen molar-refractivity contribution in [2.45, 2.75) is 13.3 Å². The molecule has 0 atom stereocenters. The lowest BCUT2D eigenvalue weighted by Crippen LogP contribution is -2.39. The summed E-state index contributed by atoms with van der Waals surface area (Å²) in [5.74, 6) is -1.46. The Morgan fingerprint density at radius 3 is 2.57 bits per heavy atom. The van der Waals surface area contributed by atoms with Crippen LogP contribution in [-0.2, 0) is 4.79 Å². The maximum Gasteiger partial charge on any atom is 0.337 e. The van der Waals surface area contributed by atoms with Crippen molar-refractivity contribution in [1.29, 1.82) is 0 Å². The minimum Gasteiger partial charge on any atom is -0.478 e. The molecule has 0 saturated heterocycles. The molecule has 0 saturated carbocycles. The zero-order valence-corrected chi connectivity index (χ0v) is 13.0. The van der Waals surface area contributed by atoms with Gasteiger partial charge in [-0.2, -0.15) is 0 Å². The average molecular weight is 358 g/mol. The Balaban J connectivity index is 2.59. The molecular weight excluding hydrogens is 342 g/mol. The first-order chi connectivity index (χ1) is 9.93. The van der Waals surface area contributed by atoms with E-state index in [1.165, 1.54) is 12.1 Å². The van der Waals surface area contributed by atoms with E-state index in [0.29, 0.717) is 11.0 Å². The monoisotopic (exact) mass is 357 g/mol. The molecular formula is C13H16BrN3O4. The van der Waals surface area contributed by atoms with Gasteiger partial charge in [-0.15, -0.1) is 0 Å². The van der Waals surface area contributed by atoms with Crippen molar-refractivity contribution in [2.24, 2.45) is 0 Å². The molecule has 114 valence electrons. The van der Waals surface area contributed by atoms with Crippen molar-refractivity contribution in [1.82, 2.24) is 10.6 Å². The van der Waals surface area contributed by atoms with Gasteiger partial charge in [-0.05, 0) is 24.6 Å². The van der Waals surface area contributed by atoms with Crippen molar-refractivity contribution < 1.29 is 19.5 Å². The van der Waals surface area contributed by atoms with Crippen molar-refractivity contribution in [3.05, 3.63) is 28.2 Å². The summed E-state index contributed by atoms with van der Waals surface area (Å²) in [6.07, 6.45) is 0.804. The standard InChI is InChI=1S/C13H16BrN3O4/c1-2-5-15-11(18)7-16-13(21)17-10-4-3-8(14)6-9(10)12(19)20/h3-4,6H,2,5,7H2,1H3,(H,15,18)(H,19,20)(H2,16,17,21). The Bertz CT molecular complexity index is 548. The second-order valence-corrected chi connectivity index (χ2v) is 5.07. The molecule has 0 radical (unpaired) electrons. The number of benzene rings is 1. The molecule has 21 heavy (non-hydrogen) atoms. The number of carboxylic acids is 1. The van der Waals surface area contributed by atoms with Crippen molar-refractivity contribution in [3.8, 4) is 0 Å². The van der Waals surface area contributed by atoms with Gasteiger partial charge in [0.05, 0.1) is 17.8 Å². The minimum atomic E-state index is -1.16.